The maximum absolute atomic E-state index is 4.53. The molecule has 2 aromatic rings. The molecule has 4 heteroatoms. The largest absolute Gasteiger partial charge is 0.311 e. The number of halogens is 2. The van der Waals surface area contributed by atoms with Crippen LogP contribution in [0.15, 0.2) is 45.5 Å². The molecule has 0 spiro atoms. The van der Waals surface area contributed by atoms with Crippen LogP contribution in [0.25, 0.3) is 0 Å². The number of aromatic nitrogens is 1. The van der Waals surface area contributed by atoms with Gasteiger partial charge in [0.2, 0.25) is 0 Å². The van der Waals surface area contributed by atoms with Crippen LogP contribution in [0.1, 0.15) is 42.6 Å². The summed E-state index contributed by atoms with van der Waals surface area (Å²) in [5.74, 6) is 0.571. The molecule has 0 radical (unpaired) electrons. The zero-order valence-electron chi connectivity index (χ0n) is 12.5. The Morgan fingerprint density at radius 2 is 1.81 bits per heavy atom. The van der Waals surface area contributed by atoms with Crippen LogP contribution in [-0.4, -0.2) is 12.0 Å². The maximum Gasteiger partial charge on any atom is 0.0719 e. The van der Waals surface area contributed by atoms with Gasteiger partial charge >= 0.3 is 0 Å². The molecular formula is C17H20Br2N2. The second-order valence-corrected chi connectivity index (χ2v) is 7.23. The van der Waals surface area contributed by atoms with E-state index in [9.17, 15) is 0 Å². The molecule has 1 atom stereocenters. The van der Waals surface area contributed by atoms with Gasteiger partial charge in [-0.1, -0.05) is 38.1 Å². The van der Waals surface area contributed by atoms with E-state index < -0.39 is 0 Å². The Morgan fingerprint density at radius 3 is 2.33 bits per heavy atom. The lowest BCUT2D eigenvalue weighted by Gasteiger charge is -2.18. The van der Waals surface area contributed by atoms with Gasteiger partial charge in [-0.3, -0.25) is 4.98 Å². The summed E-state index contributed by atoms with van der Waals surface area (Å²) < 4.78 is 2.00. The maximum atomic E-state index is 4.53. The van der Waals surface area contributed by atoms with Crippen LogP contribution in [-0.2, 0) is 6.42 Å². The van der Waals surface area contributed by atoms with Crippen molar-refractivity contribution in [1.29, 1.82) is 0 Å². The molecule has 0 amide bonds. The van der Waals surface area contributed by atoms with Crippen molar-refractivity contribution in [2.24, 2.45) is 0 Å². The highest BCUT2D eigenvalue weighted by Crippen LogP contribution is 2.27. The molecule has 0 bridgehead atoms. The monoisotopic (exact) mass is 410 g/mol. The number of hydrogen-bond acceptors (Lipinski definition) is 2. The summed E-state index contributed by atoms with van der Waals surface area (Å²) in [6.07, 6.45) is 2.76. The average molecular weight is 412 g/mol. The quantitative estimate of drug-likeness (QED) is 0.728. The topological polar surface area (TPSA) is 24.9 Å². The van der Waals surface area contributed by atoms with Gasteiger partial charge in [0.15, 0.2) is 0 Å². The van der Waals surface area contributed by atoms with Crippen LogP contribution in [0.5, 0.6) is 0 Å². The van der Waals surface area contributed by atoms with Crippen LogP contribution < -0.4 is 5.32 Å². The molecule has 1 heterocycles. The second kappa shape index (κ2) is 7.52. The minimum Gasteiger partial charge on any atom is -0.311 e. The lowest BCUT2D eigenvalue weighted by molar-refractivity contribution is 0.573. The molecule has 0 fully saturated rings. The third-order valence-electron chi connectivity index (χ3n) is 3.60. The first-order valence-electron chi connectivity index (χ1n) is 7.08. The van der Waals surface area contributed by atoms with E-state index in [1.165, 1.54) is 11.1 Å². The van der Waals surface area contributed by atoms with Crippen molar-refractivity contribution in [3.05, 3.63) is 62.3 Å². The summed E-state index contributed by atoms with van der Waals surface area (Å²) in [5, 5.41) is 3.36. The van der Waals surface area contributed by atoms with Gasteiger partial charge in [0.1, 0.15) is 0 Å². The van der Waals surface area contributed by atoms with E-state index in [-0.39, 0.29) is 6.04 Å². The van der Waals surface area contributed by atoms with Crippen molar-refractivity contribution in [2.75, 3.05) is 7.05 Å². The molecular weight excluding hydrogens is 392 g/mol. The molecule has 1 aromatic carbocycles. The Balaban J connectivity index is 2.18. The van der Waals surface area contributed by atoms with Gasteiger partial charge in [-0.2, -0.15) is 0 Å². The Morgan fingerprint density at radius 1 is 1.14 bits per heavy atom. The molecule has 0 saturated heterocycles. The normalized spacial score (nSPS) is 12.7. The van der Waals surface area contributed by atoms with Gasteiger partial charge in [0, 0.05) is 15.1 Å². The third-order valence-corrected chi connectivity index (χ3v) is 4.67. The lowest BCUT2D eigenvalue weighted by Crippen LogP contribution is -2.20. The molecule has 1 aromatic heterocycles. The van der Waals surface area contributed by atoms with Crippen molar-refractivity contribution in [2.45, 2.75) is 32.2 Å². The number of pyridine rings is 1. The number of nitrogens with one attached hydrogen (secondary N) is 1. The van der Waals surface area contributed by atoms with Gasteiger partial charge in [-0.15, -0.1) is 0 Å². The molecule has 112 valence electrons. The molecule has 0 saturated carbocycles. The van der Waals surface area contributed by atoms with Crippen LogP contribution in [0.2, 0.25) is 0 Å². The van der Waals surface area contributed by atoms with E-state index in [0.717, 1.165) is 21.1 Å². The third kappa shape index (κ3) is 4.38. The fraction of sp³-hybridized carbons (Fsp3) is 0.353. The predicted molar refractivity (Wildman–Crippen MR) is 95.7 cm³/mol. The summed E-state index contributed by atoms with van der Waals surface area (Å²) in [7, 11) is 1.98. The Hall–Kier alpha value is -0.710. The van der Waals surface area contributed by atoms with Crippen molar-refractivity contribution in [3.8, 4) is 0 Å². The number of rotatable bonds is 5. The number of nitrogens with zero attached hydrogens (tertiary/aromatic N) is 1. The molecule has 0 aliphatic heterocycles. The summed E-state index contributed by atoms with van der Waals surface area (Å²) in [6, 6.07) is 11.1. The number of benzene rings is 1. The standard InChI is InChI=1S/C17H20Br2N2/c1-11(2)13-6-4-12(5-7-13)8-16(20-3)17-15(19)9-14(18)10-21-17/h4-7,9-11,16,20H,8H2,1-3H3. The van der Waals surface area contributed by atoms with E-state index in [4.69, 9.17) is 0 Å². The number of likely N-dealkylation sites (N-methyl/N-ethyl adjacent to an activating group) is 1. The Bertz CT molecular complexity index is 594. The minimum absolute atomic E-state index is 0.192. The SMILES string of the molecule is CNC(Cc1ccc(C(C)C)cc1)c1ncc(Br)cc1Br. The smallest absolute Gasteiger partial charge is 0.0719 e. The lowest BCUT2D eigenvalue weighted by atomic mass is 9.98. The van der Waals surface area contributed by atoms with Gasteiger partial charge in [-0.05, 0) is 68.4 Å². The summed E-state index contributed by atoms with van der Waals surface area (Å²) in [6.45, 7) is 4.43. The van der Waals surface area contributed by atoms with E-state index in [0.29, 0.717) is 5.92 Å². The van der Waals surface area contributed by atoms with E-state index in [1.807, 2.05) is 19.3 Å². The summed E-state index contributed by atoms with van der Waals surface area (Å²) in [4.78, 5) is 4.53. The summed E-state index contributed by atoms with van der Waals surface area (Å²) >= 11 is 7.04. The van der Waals surface area contributed by atoms with Crippen LogP contribution >= 0.6 is 31.9 Å². The zero-order valence-corrected chi connectivity index (χ0v) is 15.7. The zero-order chi connectivity index (χ0) is 15.4. The van der Waals surface area contributed by atoms with Crippen molar-refractivity contribution in [3.63, 3.8) is 0 Å². The number of hydrogen-bond donors (Lipinski definition) is 1. The minimum atomic E-state index is 0.192. The highest BCUT2D eigenvalue weighted by Gasteiger charge is 2.15. The molecule has 0 aliphatic carbocycles. The van der Waals surface area contributed by atoms with Crippen molar-refractivity contribution < 1.29 is 0 Å². The van der Waals surface area contributed by atoms with Gasteiger partial charge in [0.05, 0.1) is 11.7 Å². The molecule has 2 nitrogen and oxygen atoms in total. The van der Waals surface area contributed by atoms with Gasteiger partial charge in [0.25, 0.3) is 0 Å². The van der Waals surface area contributed by atoms with Crippen molar-refractivity contribution >= 4 is 31.9 Å². The fourth-order valence-electron chi connectivity index (χ4n) is 2.29. The summed E-state index contributed by atoms with van der Waals surface area (Å²) in [5.41, 5.74) is 3.73. The molecule has 2 rings (SSSR count). The first kappa shape index (κ1) is 16.7. The van der Waals surface area contributed by atoms with E-state index >= 15 is 0 Å². The van der Waals surface area contributed by atoms with E-state index in [2.05, 4.69) is 80.3 Å². The average Bonchev–Trinajstić information content (AvgIpc) is 2.46. The van der Waals surface area contributed by atoms with Gasteiger partial charge in [-0.25, -0.2) is 0 Å². The second-order valence-electron chi connectivity index (χ2n) is 5.46. The fourth-order valence-corrected chi connectivity index (χ4v) is 3.56. The highest BCUT2D eigenvalue weighted by molar-refractivity contribution is 9.11. The first-order chi connectivity index (χ1) is 10.0. The first-order valence-corrected chi connectivity index (χ1v) is 8.67. The highest BCUT2D eigenvalue weighted by atomic mass is 79.9. The molecule has 0 aliphatic rings. The Kier molecular flexibility index (Phi) is 5.97. The van der Waals surface area contributed by atoms with Crippen LogP contribution in [0, 0.1) is 0 Å². The predicted octanol–water partition coefficient (Wildman–Crippen LogP) is 5.23. The van der Waals surface area contributed by atoms with Crippen LogP contribution in [0.4, 0.5) is 0 Å². The van der Waals surface area contributed by atoms with Crippen molar-refractivity contribution in [1.82, 2.24) is 10.3 Å². The van der Waals surface area contributed by atoms with E-state index in [1.54, 1.807) is 0 Å². The Labute approximate surface area is 143 Å². The molecule has 21 heavy (non-hydrogen) atoms. The van der Waals surface area contributed by atoms with Gasteiger partial charge < -0.3 is 5.32 Å². The molecule has 1 unspecified atom stereocenters. The molecule has 1 N–H and O–H groups in total. The van der Waals surface area contributed by atoms with Crippen LogP contribution in [0.3, 0.4) is 0 Å².